The van der Waals surface area contributed by atoms with Gasteiger partial charge >= 0.3 is 0 Å². The number of rotatable bonds is 4. The SMILES string of the molecule is C1=CC2C(C(N(c3ccccc3)c3ccc(-c4ccccc4)cc3)=C1)c1ccccc1C21c2ccccc2-c2c1ccc1c2sc2ccccc21. The number of hydrogen-bond donors (Lipinski definition) is 0. The van der Waals surface area contributed by atoms with E-state index in [2.05, 4.69) is 193 Å². The van der Waals surface area contributed by atoms with Gasteiger partial charge in [-0.1, -0.05) is 152 Å². The lowest BCUT2D eigenvalue weighted by atomic mass is 9.65. The molecular weight excluding hydrogens is 635 g/mol. The fraction of sp³-hybridized carbons (Fsp3) is 0.0612. The molecule has 11 rings (SSSR count). The van der Waals surface area contributed by atoms with Crippen molar-refractivity contribution in [2.75, 3.05) is 4.90 Å². The molecule has 2 heteroatoms. The summed E-state index contributed by atoms with van der Waals surface area (Å²) in [6.45, 7) is 0. The lowest BCUT2D eigenvalue weighted by Crippen LogP contribution is -2.35. The summed E-state index contributed by atoms with van der Waals surface area (Å²) < 4.78 is 2.75. The molecule has 0 fully saturated rings. The first-order chi connectivity index (χ1) is 25.3. The van der Waals surface area contributed by atoms with Gasteiger partial charge in [0, 0.05) is 54.6 Å². The maximum Gasteiger partial charge on any atom is 0.0539 e. The molecule has 0 amide bonds. The van der Waals surface area contributed by atoms with Crippen LogP contribution in [-0.2, 0) is 5.41 Å². The maximum absolute atomic E-state index is 2.51. The lowest BCUT2D eigenvalue weighted by Gasteiger charge is -2.40. The van der Waals surface area contributed by atoms with Gasteiger partial charge in [0.1, 0.15) is 0 Å². The van der Waals surface area contributed by atoms with E-state index in [9.17, 15) is 0 Å². The molecule has 240 valence electrons. The van der Waals surface area contributed by atoms with E-state index in [0.29, 0.717) is 0 Å². The van der Waals surface area contributed by atoms with Crippen molar-refractivity contribution in [2.45, 2.75) is 11.3 Å². The molecule has 3 aliphatic rings. The molecule has 1 heterocycles. The first-order valence-electron chi connectivity index (χ1n) is 17.9. The van der Waals surface area contributed by atoms with Gasteiger partial charge in [0.25, 0.3) is 0 Å². The number of para-hydroxylation sites is 1. The van der Waals surface area contributed by atoms with Crippen molar-refractivity contribution in [3.8, 4) is 22.3 Å². The zero-order valence-electron chi connectivity index (χ0n) is 27.9. The third kappa shape index (κ3) is 3.97. The fourth-order valence-corrected chi connectivity index (χ4v) is 10.9. The smallest absolute Gasteiger partial charge is 0.0539 e. The number of thiophene rings is 1. The maximum atomic E-state index is 2.51. The van der Waals surface area contributed by atoms with Crippen molar-refractivity contribution in [1.29, 1.82) is 0 Å². The van der Waals surface area contributed by atoms with Crippen LogP contribution in [-0.4, -0.2) is 0 Å². The molecule has 0 N–H and O–H groups in total. The van der Waals surface area contributed by atoms with Crippen LogP contribution in [0.3, 0.4) is 0 Å². The van der Waals surface area contributed by atoms with Crippen molar-refractivity contribution < 1.29 is 0 Å². The molecular formula is C49H33NS. The van der Waals surface area contributed by atoms with E-state index in [-0.39, 0.29) is 17.3 Å². The summed E-state index contributed by atoms with van der Waals surface area (Å²) in [5.41, 5.74) is 14.3. The zero-order valence-corrected chi connectivity index (χ0v) is 28.7. The molecule has 3 atom stereocenters. The van der Waals surface area contributed by atoms with Gasteiger partial charge < -0.3 is 4.90 Å². The van der Waals surface area contributed by atoms with Crippen LogP contribution < -0.4 is 4.90 Å². The van der Waals surface area contributed by atoms with E-state index in [0.717, 1.165) is 0 Å². The third-order valence-electron chi connectivity index (χ3n) is 11.6. The van der Waals surface area contributed by atoms with Gasteiger partial charge in [0.15, 0.2) is 0 Å². The molecule has 3 aliphatic carbocycles. The fourth-order valence-electron chi connectivity index (χ4n) is 9.62. The first kappa shape index (κ1) is 28.8. The standard InChI is InChI=1S/C49H33NS/c1-3-14-32(15-4-1)33-26-28-35(29-27-33)50(34-16-5-2-6-17-34)44-24-13-23-42-46(44)38-19-7-10-21-40(38)49(42)41-22-11-8-20-39(41)47-43(49)31-30-37-36-18-9-12-25-45(36)51-48(37)47/h1-31,42,46H. The summed E-state index contributed by atoms with van der Waals surface area (Å²) in [5.74, 6) is 0.344. The zero-order chi connectivity index (χ0) is 33.5. The molecule has 3 unspecified atom stereocenters. The van der Waals surface area contributed by atoms with Crippen LogP contribution in [0.2, 0.25) is 0 Å². The minimum absolute atomic E-state index is 0.150. The number of allylic oxidation sites excluding steroid dienone is 4. The summed E-state index contributed by atoms with van der Waals surface area (Å²) in [6.07, 6.45) is 7.21. The summed E-state index contributed by atoms with van der Waals surface area (Å²) in [6, 6.07) is 63.0. The Kier molecular flexibility index (Phi) is 6.23. The van der Waals surface area contributed by atoms with Gasteiger partial charge in [-0.25, -0.2) is 0 Å². The predicted octanol–water partition coefficient (Wildman–Crippen LogP) is 13.0. The van der Waals surface area contributed by atoms with Crippen molar-refractivity contribution in [3.05, 3.63) is 216 Å². The molecule has 0 aliphatic heterocycles. The van der Waals surface area contributed by atoms with Gasteiger partial charge in [-0.3, -0.25) is 0 Å². The van der Waals surface area contributed by atoms with Crippen molar-refractivity contribution in [2.24, 2.45) is 5.92 Å². The van der Waals surface area contributed by atoms with Crippen molar-refractivity contribution in [1.82, 2.24) is 0 Å². The number of nitrogens with zero attached hydrogens (tertiary/aromatic N) is 1. The normalized spacial score (nSPS) is 19.5. The summed E-state index contributed by atoms with van der Waals surface area (Å²) in [5, 5.41) is 2.71. The Bertz CT molecular complexity index is 2700. The second-order valence-corrected chi connectivity index (χ2v) is 15.0. The molecule has 8 aromatic rings. The van der Waals surface area contributed by atoms with Crippen molar-refractivity contribution in [3.63, 3.8) is 0 Å². The number of benzene rings is 7. The van der Waals surface area contributed by atoms with Crippen LogP contribution in [0.15, 0.2) is 194 Å². The molecule has 0 saturated heterocycles. The van der Waals surface area contributed by atoms with Crippen LogP contribution in [0.25, 0.3) is 42.4 Å². The molecule has 1 spiro atoms. The van der Waals surface area contributed by atoms with Gasteiger partial charge in [-0.2, -0.15) is 0 Å². The molecule has 1 nitrogen and oxygen atoms in total. The summed E-state index contributed by atoms with van der Waals surface area (Å²) in [4.78, 5) is 2.50. The molecule has 7 aromatic carbocycles. The van der Waals surface area contributed by atoms with Gasteiger partial charge in [-0.05, 0) is 75.4 Å². The molecule has 0 radical (unpaired) electrons. The van der Waals surface area contributed by atoms with Crippen LogP contribution in [0.1, 0.15) is 28.2 Å². The highest BCUT2D eigenvalue weighted by molar-refractivity contribution is 7.26. The van der Waals surface area contributed by atoms with E-state index < -0.39 is 0 Å². The average molecular weight is 668 g/mol. The van der Waals surface area contributed by atoms with Crippen molar-refractivity contribution >= 4 is 42.9 Å². The molecule has 0 bridgehead atoms. The number of fused-ring (bicyclic) bond motifs is 14. The van der Waals surface area contributed by atoms with Crippen LogP contribution in [0.4, 0.5) is 11.4 Å². The monoisotopic (exact) mass is 667 g/mol. The Labute approximate surface area is 302 Å². The number of hydrogen-bond acceptors (Lipinski definition) is 2. The highest BCUT2D eigenvalue weighted by Gasteiger charge is 2.59. The summed E-state index contributed by atoms with van der Waals surface area (Å²) >= 11 is 1.95. The molecule has 0 saturated carbocycles. The van der Waals surface area contributed by atoms with E-state index in [1.165, 1.54) is 81.8 Å². The summed E-state index contributed by atoms with van der Waals surface area (Å²) in [7, 11) is 0. The predicted molar refractivity (Wildman–Crippen MR) is 215 cm³/mol. The van der Waals surface area contributed by atoms with E-state index in [1.807, 2.05) is 11.3 Å². The minimum Gasteiger partial charge on any atom is -0.314 e. The molecule has 1 aromatic heterocycles. The Balaban J connectivity index is 1.14. The number of anilines is 2. The Morgan fingerprint density at radius 2 is 1.18 bits per heavy atom. The van der Waals surface area contributed by atoms with Gasteiger partial charge in [0.2, 0.25) is 0 Å². The Hall–Kier alpha value is -5.96. The Morgan fingerprint density at radius 3 is 2.02 bits per heavy atom. The third-order valence-corrected chi connectivity index (χ3v) is 12.8. The Morgan fingerprint density at radius 1 is 0.510 bits per heavy atom. The largest absolute Gasteiger partial charge is 0.314 e. The highest BCUT2D eigenvalue weighted by atomic mass is 32.1. The molecule has 51 heavy (non-hydrogen) atoms. The van der Waals surface area contributed by atoms with E-state index in [4.69, 9.17) is 0 Å². The van der Waals surface area contributed by atoms with Gasteiger partial charge in [0.05, 0.1) is 5.41 Å². The van der Waals surface area contributed by atoms with Crippen LogP contribution in [0.5, 0.6) is 0 Å². The topological polar surface area (TPSA) is 3.24 Å². The highest BCUT2D eigenvalue weighted by Crippen LogP contribution is 2.68. The second kappa shape index (κ2) is 11.0. The quantitative estimate of drug-likeness (QED) is 0.181. The average Bonchev–Trinajstić information content (AvgIpc) is 3.83. The first-order valence-corrected chi connectivity index (χ1v) is 18.7. The van der Waals surface area contributed by atoms with Crippen LogP contribution in [0, 0.1) is 5.92 Å². The lowest BCUT2D eigenvalue weighted by molar-refractivity contribution is 0.452. The second-order valence-electron chi connectivity index (χ2n) is 14.0. The van der Waals surface area contributed by atoms with E-state index in [1.54, 1.807) is 0 Å². The van der Waals surface area contributed by atoms with E-state index >= 15 is 0 Å². The van der Waals surface area contributed by atoms with Gasteiger partial charge in [-0.15, -0.1) is 11.3 Å². The minimum atomic E-state index is -0.312. The van der Waals surface area contributed by atoms with Crippen LogP contribution >= 0.6 is 11.3 Å².